The fourth-order valence-electron chi connectivity index (χ4n) is 3.94. The van der Waals surface area contributed by atoms with Crippen molar-refractivity contribution in [1.29, 1.82) is 0 Å². The molecule has 1 fully saturated rings. The molecule has 0 bridgehead atoms. The number of nitrogens with one attached hydrogen (secondary N) is 2. The van der Waals surface area contributed by atoms with E-state index in [9.17, 15) is 9.59 Å². The highest BCUT2D eigenvalue weighted by atomic mass is 32.1. The zero-order valence-electron chi connectivity index (χ0n) is 16.1. The third-order valence-electron chi connectivity index (χ3n) is 5.52. The van der Waals surface area contributed by atoms with Gasteiger partial charge in [0.15, 0.2) is 0 Å². The number of carbonyl (C=O) groups excluding carboxylic acids is 2. The van der Waals surface area contributed by atoms with Crippen molar-refractivity contribution in [2.75, 3.05) is 18.5 Å². The molecule has 28 heavy (non-hydrogen) atoms. The SMILES string of the molecule is C[C@H]1CCc2c(sc(NC(=O)c3ccccc3)c2C(=O)NC[C@H]2CCCO2)C1. The number of ether oxygens (including phenoxy) is 1. The Bertz CT molecular complexity index is 856. The molecule has 4 rings (SSSR count). The molecular formula is C22H26N2O3S. The van der Waals surface area contributed by atoms with Crippen LogP contribution < -0.4 is 10.6 Å². The van der Waals surface area contributed by atoms with Crippen molar-refractivity contribution in [2.45, 2.75) is 45.1 Å². The van der Waals surface area contributed by atoms with Crippen LogP contribution in [-0.2, 0) is 17.6 Å². The van der Waals surface area contributed by atoms with Crippen LogP contribution in [0.5, 0.6) is 0 Å². The molecule has 1 aliphatic heterocycles. The molecule has 0 unspecified atom stereocenters. The number of benzene rings is 1. The van der Waals surface area contributed by atoms with Crippen LogP contribution in [0.25, 0.3) is 0 Å². The van der Waals surface area contributed by atoms with Crippen LogP contribution in [0.4, 0.5) is 5.00 Å². The Morgan fingerprint density at radius 1 is 1.18 bits per heavy atom. The van der Waals surface area contributed by atoms with E-state index in [-0.39, 0.29) is 17.9 Å². The van der Waals surface area contributed by atoms with Crippen LogP contribution in [0.15, 0.2) is 30.3 Å². The Morgan fingerprint density at radius 2 is 2.00 bits per heavy atom. The van der Waals surface area contributed by atoms with E-state index in [1.54, 1.807) is 23.5 Å². The normalized spacial score (nSPS) is 21.2. The highest BCUT2D eigenvalue weighted by Gasteiger charge is 2.29. The van der Waals surface area contributed by atoms with Crippen LogP contribution in [0.2, 0.25) is 0 Å². The molecule has 2 aromatic rings. The number of hydrogen-bond acceptors (Lipinski definition) is 4. The van der Waals surface area contributed by atoms with Crippen molar-refractivity contribution in [3.8, 4) is 0 Å². The average molecular weight is 399 g/mol. The zero-order valence-corrected chi connectivity index (χ0v) is 16.9. The van der Waals surface area contributed by atoms with Gasteiger partial charge in [0.2, 0.25) is 0 Å². The molecule has 1 aliphatic carbocycles. The first kappa shape index (κ1) is 19.2. The second kappa shape index (κ2) is 8.45. The summed E-state index contributed by atoms with van der Waals surface area (Å²) in [5.74, 6) is 0.318. The summed E-state index contributed by atoms with van der Waals surface area (Å²) in [6, 6.07) is 9.12. The summed E-state index contributed by atoms with van der Waals surface area (Å²) in [6.07, 6.45) is 5.05. The fraction of sp³-hybridized carbons (Fsp3) is 0.455. The third kappa shape index (κ3) is 4.13. The largest absolute Gasteiger partial charge is 0.376 e. The highest BCUT2D eigenvalue weighted by Crippen LogP contribution is 2.39. The van der Waals surface area contributed by atoms with E-state index in [2.05, 4.69) is 17.6 Å². The van der Waals surface area contributed by atoms with Gasteiger partial charge in [-0.05, 0) is 55.7 Å². The Hall–Kier alpha value is -2.18. The van der Waals surface area contributed by atoms with Gasteiger partial charge < -0.3 is 15.4 Å². The summed E-state index contributed by atoms with van der Waals surface area (Å²) in [7, 11) is 0. The molecule has 6 heteroatoms. The predicted molar refractivity (Wildman–Crippen MR) is 111 cm³/mol. The van der Waals surface area contributed by atoms with Gasteiger partial charge in [-0.3, -0.25) is 9.59 Å². The molecule has 1 aromatic heterocycles. The van der Waals surface area contributed by atoms with E-state index < -0.39 is 0 Å². The van der Waals surface area contributed by atoms with Gasteiger partial charge in [-0.15, -0.1) is 11.3 Å². The summed E-state index contributed by atoms with van der Waals surface area (Å²) >= 11 is 1.55. The third-order valence-corrected chi connectivity index (χ3v) is 6.69. The van der Waals surface area contributed by atoms with E-state index in [0.717, 1.165) is 44.3 Å². The molecule has 2 atom stereocenters. The van der Waals surface area contributed by atoms with Crippen LogP contribution in [0.1, 0.15) is 57.3 Å². The van der Waals surface area contributed by atoms with Gasteiger partial charge in [0.1, 0.15) is 5.00 Å². The molecule has 0 spiro atoms. The summed E-state index contributed by atoms with van der Waals surface area (Å²) < 4.78 is 5.62. The maximum atomic E-state index is 13.0. The van der Waals surface area contributed by atoms with Gasteiger partial charge in [-0.1, -0.05) is 25.1 Å². The Morgan fingerprint density at radius 3 is 2.75 bits per heavy atom. The monoisotopic (exact) mass is 398 g/mol. The fourth-order valence-corrected chi connectivity index (χ4v) is 5.35. The van der Waals surface area contributed by atoms with Crippen LogP contribution in [-0.4, -0.2) is 31.1 Å². The van der Waals surface area contributed by atoms with Crippen molar-refractivity contribution in [3.63, 3.8) is 0 Å². The van der Waals surface area contributed by atoms with Crippen LogP contribution in [0, 0.1) is 5.92 Å². The first-order valence-electron chi connectivity index (χ1n) is 10.0. The first-order valence-corrected chi connectivity index (χ1v) is 10.8. The zero-order chi connectivity index (χ0) is 19.5. The topological polar surface area (TPSA) is 67.4 Å². The average Bonchev–Trinajstić information content (AvgIpc) is 3.34. The van der Waals surface area contributed by atoms with Crippen molar-refractivity contribution >= 4 is 28.2 Å². The number of carbonyl (C=O) groups is 2. The Labute approximate surface area is 169 Å². The second-order valence-electron chi connectivity index (χ2n) is 7.72. The number of thiophene rings is 1. The van der Waals surface area contributed by atoms with Crippen LogP contribution >= 0.6 is 11.3 Å². The maximum absolute atomic E-state index is 13.0. The van der Waals surface area contributed by atoms with Crippen molar-refractivity contribution < 1.29 is 14.3 Å². The number of fused-ring (bicyclic) bond motifs is 1. The summed E-state index contributed by atoms with van der Waals surface area (Å²) in [6.45, 7) is 3.53. The Balaban J connectivity index is 1.57. The standard InChI is InChI=1S/C22H26N2O3S/c1-14-9-10-17-18(12-14)28-22(24-20(25)15-6-3-2-4-7-15)19(17)21(26)23-13-16-8-5-11-27-16/h2-4,6-7,14,16H,5,8-13H2,1H3,(H,23,26)(H,24,25)/t14-,16+/m0/s1. The summed E-state index contributed by atoms with van der Waals surface area (Å²) in [5, 5.41) is 6.69. The van der Waals surface area contributed by atoms with Gasteiger partial charge in [0.25, 0.3) is 11.8 Å². The minimum absolute atomic E-state index is 0.0980. The molecule has 0 saturated carbocycles. The minimum Gasteiger partial charge on any atom is -0.376 e. The molecule has 2 aliphatic rings. The molecule has 0 radical (unpaired) electrons. The van der Waals surface area contributed by atoms with E-state index in [0.29, 0.717) is 28.6 Å². The number of amides is 2. The van der Waals surface area contributed by atoms with Crippen molar-refractivity contribution in [1.82, 2.24) is 5.32 Å². The van der Waals surface area contributed by atoms with Gasteiger partial charge in [-0.25, -0.2) is 0 Å². The van der Waals surface area contributed by atoms with E-state index >= 15 is 0 Å². The van der Waals surface area contributed by atoms with Gasteiger partial charge in [0, 0.05) is 23.6 Å². The maximum Gasteiger partial charge on any atom is 0.256 e. The molecule has 5 nitrogen and oxygen atoms in total. The highest BCUT2D eigenvalue weighted by molar-refractivity contribution is 7.17. The van der Waals surface area contributed by atoms with E-state index in [4.69, 9.17) is 4.74 Å². The van der Waals surface area contributed by atoms with Gasteiger partial charge >= 0.3 is 0 Å². The predicted octanol–water partition coefficient (Wildman–Crippen LogP) is 4.03. The molecular weight excluding hydrogens is 372 g/mol. The molecule has 1 saturated heterocycles. The number of rotatable bonds is 5. The molecule has 148 valence electrons. The second-order valence-corrected chi connectivity index (χ2v) is 8.83. The Kier molecular flexibility index (Phi) is 5.78. The lowest BCUT2D eigenvalue weighted by molar-refractivity contribution is 0.0857. The summed E-state index contributed by atoms with van der Waals surface area (Å²) in [4.78, 5) is 26.9. The molecule has 2 heterocycles. The smallest absolute Gasteiger partial charge is 0.256 e. The van der Waals surface area contributed by atoms with Crippen molar-refractivity contribution in [2.24, 2.45) is 5.92 Å². The molecule has 2 N–H and O–H groups in total. The minimum atomic E-state index is -0.180. The quantitative estimate of drug-likeness (QED) is 0.799. The van der Waals surface area contributed by atoms with Crippen molar-refractivity contribution in [3.05, 3.63) is 51.9 Å². The molecule has 1 aromatic carbocycles. The first-order chi connectivity index (χ1) is 13.6. The van der Waals surface area contributed by atoms with Gasteiger partial charge in [-0.2, -0.15) is 0 Å². The van der Waals surface area contributed by atoms with E-state index in [1.807, 2.05) is 18.2 Å². The lowest BCUT2D eigenvalue weighted by atomic mass is 9.88. The van der Waals surface area contributed by atoms with Crippen LogP contribution in [0.3, 0.4) is 0 Å². The number of anilines is 1. The lowest BCUT2D eigenvalue weighted by Crippen LogP contribution is -2.33. The van der Waals surface area contributed by atoms with E-state index in [1.165, 1.54) is 4.88 Å². The van der Waals surface area contributed by atoms with Gasteiger partial charge in [0.05, 0.1) is 11.7 Å². The molecule has 2 amide bonds. The number of hydrogen-bond donors (Lipinski definition) is 2. The summed E-state index contributed by atoms with van der Waals surface area (Å²) in [5.41, 5.74) is 2.35. The lowest BCUT2D eigenvalue weighted by Gasteiger charge is -2.19.